The van der Waals surface area contributed by atoms with Crippen LogP contribution in [0.5, 0.6) is 0 Å². The maximum atomic E-state index is 3.87. The van der Waals surface area contributed by atoms with Crippen LogP contribution >= 0.6 is 0 Å². The first-order chi connectivity index (χ1) is 3.55. The van der Waals surface area contributed by atoms with Crippen molar-refractivity contribution in [3.8, 4) is 0 Å². The molecule has 0 aromatic rings. The van der Waals surface area contributed by atoms with E-state index in [1.165, 1.54) is 0 Å². The van der Waals surface area contributed by atoms with Crippen LogP contribution in [0.1, 0.15) is 27.7 Å². The molecule has 56 valence electrons. The zero-order valence-electron chi connectivity index (χ0n) is 6.69. The topological polar surface area (TPSA) is 3.01 Å². The van der Waals surface area contributed by atoms with Gasteiger partial charge in [0.2, 0.25) is 0 Å². The van der Waals surface area contributed by atoms with E-state index in [0.717, 1.165) is 0 Å². The van der Waals surface area contributed by atoms with Crippen LogP contribution in [0.25, 0.3) is 0 Å². The molecule has 0 aromatic carbocycles. The number of rotatable bonds is 2. The minimum atomic E-state index is 0. The van der Waals surface area contributed by atoms with Crippen molar-refractivity contribution in [2.45, 2.75) is 39.8 Å². The molecule has 1 nitrogen and oxygen atoms in total. The molecule has 0 fully saturated rings. The molecule has 0 radical (unpaired) electrons. The maximum Gasteiger partial charge on any atom is 0.146 e. The van der Waals surface area contributed by atoms with Crippen molar-refractivity contribution < 1.29 is 17.0 Å². The Balaban J connectivity index is 0. The monoisotopic (exact) mass is 149 g/mol. The average molecular weight is 150 g/mol. The maximum absolute atomic E-state index is 3.87. The van der Waals surface area contributed by atoms with Crippen molar-refractivity contribution in [3.05, 3.63) is 0 Å². The fourth-order valence-electron chi connectivity index (χ4n) is 0.596. The van der Waals surface area contributed by atoms with Gasteiger partial charge in [-0.1, -0.05) is 0 Å². The minimum Gasteiger partial charge on any atom is -1.00 e. The Bertz CT molecular complexity index is 76.9. The molecule has 2 heteroatoms. The van der Waals surface area contributed by atoms with Gasteiger partial charge in [-0.2, -0.15) is 0 Å². The van der Waals surface area contributed by atoms with Crippen molar-refractivity contribution in [3.63, 3.8) is 0 Å². The van der Waals surface area contributed by atoms with Gasteiger partial charge in [0.25, 0.3) is 0 Å². The number of hydrogen-bond acceptors (Lipinski definition) is 0. The van der Waals surface area contributed by atoms with Gasteiger partial charge in [-0.05, 0) is 27.7 Å². The summed E-state index contributed by atoms with van der Waals surface area (Å²) < 4.78 is 2.08. The molecular weight excluding hydrogens is 134 g/mol. The van der Waals surface area contributed by atoms with E-state index < -0.39 is 0 Å². The molecule has 0 heterocycles. The highest BCUT2D eigenvalue weighted by Crippen LogP contribution is 1.92. The summed E-state index contributed by atoms with van der Waals surface area (Å²) in [7, 11) is 0. The van der Waals surface area contributed by atoms with Gasteiger partial charge in [-0.3, -0.25) is 0 Å². The molecule has 0 rings (SSSR count). The average Bonchev–Trinajstić information content (AvgIpc) is 1.64. The first-order valence-electron chi connectivity index (χ1n) is 3.14. The predicted molar refractivity (Wildman–Crippen MR) is 37.7 cm³/mol. The van der Waals surface area contributed by atoms with Crippen molar-refractivity contribution >= 4 is 6.72 Å². The quantitative estimate of drug-likeness (QED) is 0.333. The van der Waals surface area contributed by atoms with E-state index >= 15 is 0 Å². The normalized spacial score (nSPS) is 9.56. The number of halogens is 1. The van der Waals surface area contributed by atoms with Gasteiger partial charge in [-0.25, -0.2) is 4.58 Å². The molecule has 0 atom stereocenters. The molecule has 0 aromatic heterocycles. The Morgan fingerprint density at radius 3 is 1.22 bits per heavy atom. The first kappa shape index (κ1) is 11.7. The SMILES string of the molecule is C=[N+](C(C)C)C(C)C.[Cl-]. The van der Waals surface area contributed by atoms with Crippen LogP contribution in [0.15, 0.2) is 0 Å². The number of nitrogens with zero attached hydrogens (tertiary/aromatic N) is 1. The molecule has 0 aliphatic rings. The van der Waals surface area contributed by atoms with Gasteiger partial charge in [-0.15, -0.1) is 0 Å². The minimum absolute atomic E-state index is 0. The lowest BCUT2D eigenvalue weighted by Crippen LogP contribution is -3.00. The second kappa shape index (κ2) is 4.80. The summed E-state index contributed by atoms with van der Waals surface area (Å²) in [6.45, 7) is 12.5. The summed E-state index contributed by atoms with van der Waals surface area (Å²) in [5.41, 5.74) is 0. The molecule has 0 spiro atoms. The van der Waals surface area contributed by atoms with Crippen LogP contribution in [-0.4, -0.2) is 23.4 Å². The van der Waals surface area contributed by atoms with E-state index in [4.69, 9.17) is 0 Å². The molecule has 0 aliphatic heterocycles. The summed E-state index contributed by atoms with van der Waals surface area (Å²) >= 11 is 0. The lowest BCUT2D eigenvalue weighted by Gasteiger charge is -2.07. The van der Waals surface area contributed by atoms with Crippen LogP contribution in [0.2, 0.25) is 0 Å². The number of hydrogen-bond donors (Lipinski definition) is 0. The standard InChI is InChI=1S/C7H16N.ClH/c1-6(2)8(5)7(3)4;/h6-7H,5H2,1-4H3;1H/q+1;/p-1. The predicted octanol–water partition coefficient (Wildman–Crippen LogP) is -1.48. The van der Waals surface area contributed by atoms with Crippen LogP contribution in [0, 0.1) is 0 Å². The van der Waals surface area contributed by atoms with E-state index in [2.05, 4.69) is 39.0 Å². The fraction of sp³-hybridized carbons (Fsp3) is 0.857. The Labute approximate surface area is 64.2 Å². The third-order valence-electron chi connectivity index (χ3n) is 1.33. The summed E-state index contributed by atoms with van der Waals surface area (Å²) in [5, 5.41) is 0. The Kier molecular flexibility index (Phi) is 6.25. The molecule has 0 saturated carbocycles. The van der Waals surface area contributed by atoms with Crippen molar-refractivity contribution in [1.82, 2.24) is 0 Å². The fourth-order valence-corrected chi connectivity index (χ4v) is 0.596. The van der Waals surface area contributed by atoms with Gasteiger partial charge in [0.05, 0.1) is 0 Å². The zero-order chi connectivity index (χ0) is 6.73. The molecule has 0 saturated heterocycles. The molecule has 0 aliphatic carbocycles. The highest BCUT2D eigenvalue weighted by molar-refractivity contribution is 5.14. The second-order valence-corrected chi connectivity index (χ2v) is 2.70. The largest absolute Gasteiger partial charge is 1.00 e. The van der Waals surface area contributed by atoms with E-state index in [1.54, 1.807) is 0 Å². The van der Waals surface area contributed by atoms with Gasteiger partial charge >= 0.3 is 0 Å². The van der Waals surface area contributed by atoms with Crippen LogP contribution in [0.3, 0.4) is 0 Å². The van der Waals surface area contributed by atoms with Gasteiger partial charge in [0.1, 0.15) is 18.8 Å². The summed E-state index contributed by atoms with van der Waals surface area (Å²) in [6.07, 6.45) is 0. The third-order valence-corrected chi connectivity index (χ3v) is 1.33. The summed E-state index contributed by atoms with van der Waals surface area (Å²) in [4.78, 5) is 0. The summed E-state index contributed by atoms with van der Waals surface area (Å²) in [5.74, 6) is 0. The molecule has 9 heavy (non-hydrogen) atoms. The lowest BCUT2D eigenvalue weighted by atomic mass is 10.3. The molecular formula is C7H16ClN. The van der Waals surface area contributed by atoms with Crippen LogP contribution in [-0.2, 0) is 0 Å². The highest BCUT2D eigenvalue weighted by Gasteiger charge is 2.08. The Morgan fingerprint density at radius 1 is 1.00 bits per heavy atom. The molecule has 0 unspecified atom stereocenters. The van der Waals surface area contributed by atoms with Crippen molar-refractivity contribution in [2.24, 2.45) is 0 Å². The Hall–Kier alpha value is -0.0400. The highest BCUT2D eigenvalue weighted by atomic mass is 35.5. The van der Waals surface area contributed by atoms with Gasteiger partial charge < -0.3 is 12.4 Å². The van der Waals surface area contributed by atoms with E-state index in [0.29, 0.717) is 12.1 Å². The van der Waals surface area contributed by atoms with Crippen LogP contribution < -0.4 is 12.4 Å². The molecule has 0 bridgehead atoms. The van der Waals surface area contributed by atoms with E-state index in [9.17, 15) is 0 Å². The van der Waals surface area contributed by atoms with Crippen molar-refractivity contribution in [2.75, 3.05) is 0 Å². The van der Waals surface area contributed by atoms with E-state index in [1.807, 2.05) is 0 Å². The lowest BCUT2D eigenvalue weighted by molar-refractivity contribution is -0.579. The molecule has 0 amide bonds. The summed E-state index contributed by atoms with van der Waals surface area (Å²) in [6, 6.07) is 1.13. The first-order valence-corrected chi connectivity index (χ1v) is 3.14. The van der Waals surface area contributed by atoms with E-state index in [-0.39, 0.29) is 12.4 Å². The smallest absolute Gasteiger partial charge is 0.146 e. The van der Waals surface area contributed by atoms with Crippen molar-refractivity contribution in [1.29, 1.82) is 0 Å². The third kappa shape index (κ3) is 4.46. The molecule has 0 N–H and O–H groups in total. The second-order valence-electron chi connectivity index (χ2n) is 2.70. The van der Waals surface area contributed by atoms with Gasteiger partial charge in [0.15, 0.2) is 0 Å². The van der Waals surface area contributed by atoms with Crippen LogP contribution in [0.4, 0.5) is 0 Å². The van der Waals surface area contributed by atoms with Gasteiger partial charge in [0, 0.05) is 0 Å². The zero-order valence-corrected chi connectivity index (χ0v) is 7.44. The Morgan fingerprint density at radius 2 is 1.22 bits per heavy atom.